The molecule has 0 aliphatic rings. The van der Waals surface area contributed by atoms with Gasteiger partial charge >= 0.3 is 0 Å². The Labute approximate surface area is 149 Å². The molecule has 3 aromatic rings. The van der Waals surface area contributed by atoms with Crippen LogP contribution in [0.4, 0.5) is 0 Å². The summed E-state index contributed by atoms with van der Waals surface area (Å²) in [4.78, 5) is 33.7. The first-order valence-corrected chi connectivity index (χ1v) is 8.81. The molecule has 3 rings (SSSR count). The summed E-state index contributed by atoms with van der Waals surface area (Å²) in [5.74, 6) is -0.274. The number of hydrogen-bond donors (Lipinski definition) is 1. The van der Waals surface area contributed by atoms with Crippen molar-refractivity contribution in [2.75, 3.05) is 5.43 Å². The van der Waals surface area contributed by atoms with Gasteiger partial charge in [-0.05, 0) is 17.7 Å². The third-order valence-electron chi connectivity index (χ3n) is 3.40. The predicted molar refractivity (Wildman–Crippen MR) is 99.3 cm³/mol. The number of rotatable bonds is 5. The summed E-state index contributed by atoms with van der Waals surface area (Å²) in [6.07, 6.45) is 1.78. The molecule has 6 nitrogen and oxygen atoms in total. The van der Waals surface area contributed by atoms with Crippen molar-refractivity contribution in [3.8, 4) is 0 Å². The van der Waals surface area contributed by atoms with Crippen LogP contribution in [0.2, 0.25) is 0 Å². The van der Waals surface area contributed by atoms with Crippen molar-refractivity contribution in [2.45, 2.75) is 30.7 Å². The van der Waals surface area contributed by atoms with Crippen LogP contribution < -0.4 is 11.0 Å². The molecule has 128 valence electrons. The van der Waals surface area contributed by atoms with Gasteiger partial charge in [-0.3, -0.25) is 15.0 Å². The molecule has 0 radical (unpaired) electrons. The number of pyridine rings is 1. The average molecular weight is 354 g/mol. The molecule has 1 aromatic carbocycles. The summed E-state index contributed by atoms with van der Waals surface area (Å²) in [6.45, 7) is 3.99. The number of benzene rings is 1. The molecule has 2 heterocycles. The largest absolute Gasteiger partial charge is 0.282 e. The summed E-state index contributed by atoms with van der Waals surface area (Å²) in [6, 6.07) is 12.7. The Morgan fingerprint density at radius 1 is 1.20 bits per heavy atom. The molecule has 0 fully saturated rings. The van der Waals surface area contributed by atoms with Gasteiger partial charge in [0.2, 0.25) is 5.91 Å². The highest BCUT2D eigenvalue weighted by molar-refractivity contribution is 7.99. The number of hydrogen-bond acceptors (Lipinski definition) is 5. The number of nitrogens with zero attached hydrogens (tertiary/aromatic N) is 3. The van der Waals surface area contributed by atoms with E-state index in [1.807, 2.05) is 44.2 Å². The maximum absolute atomic E-state index is 12.8. The highest BCUT2D eigenvalue weighted by Gasteiger charge is 2.15. The fourth-order valence-corrected chi connectivity index (χ4v) is 3.13. The lowest BCUT2D eigenvalue weighted by Gasteiger charge is -2.14. The third kappa shape index (κ3) is 4.06. The molecular formula is C18H18N4O2S. The van der Waals surface area contributed by atoms with Crippen molar-refractivity contribution in [1.82, 2.24) is 14.6 Å². The van der Waals surface area contributed by atoms with Crippen molar-refractivity contribution in [3.05, 3.63) is 64.6 Å². The lowest BCUT2D eigenvalue weighted by atomic mass is 10.1. The molecule has 1 amide bonds. The van der Waals surface area contributed by atoms with Gasteiger partial charge in [-0.25, -0.2) is 9.97 Å². The lowest BCUT2D eigenvalue weighted by molar-refractivity contribution is -0.116. The van der Waals surface area contributed by atoms with Gasteiger partial charge in [-0.2, -0.15) is 4.68 Å². The Bertz CT molecular complexity index is 954. The van der Waals surface area contributed by atoms with E-state index in [4.69, 9.17) is 0 Å². The van der Waals surface area contributed by atoms with E-state index in [0.717, 1.165) is 5.56 Å². The molecule has 0 bridgehead atoms. The molecule has 0 unspecified atom stereocenters. The Morgan fingerprint density at radius 2 is 1.96 bits per heavy atom. The van der Waals surface area contributed by atoms with Gasteiger partial charge in [-0.15, -0.1) is 0 Å². The van der Waals surface area contributed by atoms with Crippen molar-refractivity contribution in [2.24, 2.45) is 0 Å². The lowest BCUT2D eigenvalue weighted by Crippen LogP contribution is -2.36. The molecule has 0 atom stereocenters. The van der Waals surface area contributed by atoms with Crippen LogP contribution in [0.15, 0.2) is 58.6 Å². The molecule has 7 heteroatoms. The smallest absolute Gasteiger partial charge is 0.273 e. The molecule has 0 aliphatic carbocycles. The second-order valence-corrected chi connectivity index (χ2v) is 7.32. The molecule has 25 heavy (non-hydrogen) atoms. The topological polar surface area (TPSA) is 76.9 Å². The minimum absolute atomic E-state index is 0.185. The molecule has 0 saturated heterocycles. The van der Waals surface area contributed by atoms with Crippen molar-refractivity contribution in [1.29, 1.82) is 0 Å². The Kier molecular flexibility index (Phi) is 5.14. The number of amides is 1. The number of carbonyl (C=O) groups excluding carboxylic acids is 1. The first-order chi connectivity index (χ1) is 12.0. The number of carbonyl (C=O) groups is 1. The van der Waals surface area contributed by atoms with Crippen LogP contribution in [0.3, 0.4) is 0 Å². The summed E-state index contributed by atoms with van der Waals surface area (Å²) in [5.41, 5.74) is 3.60. The average Bonchev–Trinajstić information content (AvgIpc) is 2.59. The van der Waals surface area contributed by atoms with Crippen molar-refractivity contribution < 1.29 is 4.79 Å². The van der Waals surface area contributed by atoms with Crippen LogP contribution in [0.25, 0.3) is 11.0 Å². The first-order valence-electron chi connectivity index (χ1n) is 7.93. The molecule has 0 saturated carbocycles. The normalized spacial score (nSPS) is 11.0. The molecule has 0 spiro atoms. The summed E-state index contributed by atoms with van der Waals surface area (Å²) < 4.78 is 1.22. The molecule has 2 aromatic heterocycles. The van der Waals surface area contributed by atoms with Gasteiger partial charge in [0, 0.05) is 11.4 Å². The standard InChI is InChI=1S/C18H18N4O2S/c1-12(2)25-18-20-16-14(9-6-10-19-16)17(24)22(18)21-15(23)11-13-7-4-3-5-8-13/h3-10,12H,11H2,1-2H3,(H,21,23). The second kappa shape index (κ2) is 7.48. The maximum atomic E-state index is 12.8. The van der Waals surface area contributed by atoms with Crippen LogP contribution >= 0.6 is 11.8 Å². The summed E-state index contributed by atoms with van der Waals surface area (Å²) in [7, 11) is 0. The van der Waals surface area contributed by atoms with Crippen LogP contribution in [-0.2, 0) is 11.2 Å². The minimum Gasteiger partial charge on any atom is -0.273 e. The van der Waals surface area contributed by atoms with Crippen LogP contribution in [0.5, 0.6) is 0 Å². The van der Waals surface area contributed by atoms with Gasteiger partial charge < -0.3 is 0 Å². The number of thioether (sulfide) groups is 1. The van der Waals surface area contributed by atoms with Gasteiger partial charge in [0.1, 0.15) is 0 Å². The highest BCUT2D eigenvalue weighted by Crippen LogP contribution is 2.20. The fourth-order valence-electron chi connectivity index (χ4n) is 2.33. The van der Waals surface area contributed by atoms with Gasteiger partial charge in [0.15, 0.2) is 10.8 Å². The zero-order valence-corrected chi connectivity index (χ0v) is 14.8. The van der Waals surface area contributed by atoms with Crippen LogP contribution in [0, 0.1) is 0 Å². The number of aromatic nitrogens is 3. The van der Waals surface area contributed by atoms with Crippen molar-refractivity contribution >= 4 is 28.7 Å². The monoisotopic (exact) mass is 354 g/mol. The molecular weight excluding hydrogens is 336 g/mol. The molecule has 1 N–H and O–H groups in total. The van der Waals surface area contributed by atoms with Gasteiger partial charge in [-0.1, -0.05) is 55.9 Å². The third-order valence-corrected chi connectivity index (χ3v) is 4.35. The van der Waals surface area contributed by atoms with E-state index in [1.165, 1.54) is 16.4 Å². The van der Waals surface area contributed by atoms with E-state index in [-0.39, 0.29) is 23.1 Å². The van der Waals surface area contributed by atoms with Gasteiger partial charge in [0.25, 0.3) is 5.56 Å². The van der Waals surface area contributed by atoms with E-state index in [0.29, 0.717) is 16.2 Å². The van der Waals surface area contributed by atoms with E-state index in [1.54, 1.807) is 18.3 Å². The maximum Gasteiger partial charge on any atom is 0.282 e. The fraction of sp³-hybridized carbons (Fsp3) is 0.222. The zero-order valence-electron chi connectivity index (χ0n) is 14.0. The van der Waals surface area contributed by atoms with E-state index in [9.17, 15) is 9.59 Å². The van der Waals surface area contributed by atoms with E-state index >= 15 is 0 Å². The van der Waals surface area contributed by atoms with E-state index < -0.39 is 0 Å². The summed E-state index contributed by atoms with van der Waals surface area (Å²) in [5, 5.41) is 0.994. The Hall–Kier alpha value is -2.67. The zero-order chi connectivity index (χ0) is 17.8. The quantitative estimate of drug-likeness (QED) is 0.563. The number of fused-ring (bicyclic) bond motifs is 1. The van der Waals surface area contributed by atoms with E-state index in [2.05, 4.69) is 15.4 Å². The SMILES string of the molecule is CC(C)Sc1nc2ncccc2c(=O)n1NC(=O)Cc1ccccc1. The first kappa shape index (κ1) is 17.2. The minimum atomic E-state index is -0.331. The molecule has 0 aliphatic heterocycles. The predicted octanol–water partition coefficient (Wildman–Crippen LogP) is 2.60. The summed E-state index contributed by atoms with van der Waals surface area (Å²) >= 11 is 1.40. The Morgan fingerprint density at radius 3 is 2.68 bits per heavy atom. The van der Waals surface area contributed by atoms with Crippen LogP contribution in [-0.4, -0.2) is 25.8 Å². The second-order valence-electron chi connectivity index (χ2n) is 5.77. The van der Waals surface area contributed by atoms with Gasteiger partial charge in [0.05, 0.1) is 11.8 Å². The number of nitrogens with one attached hydrogen (secondary N) is 1. The highest BCUT2D eigenvalue weighted by atomic mass is 32.2. The van der Waals surface area contributed by atoms with Crippen molar-refractivity contribution in [3.63, 3.8) is 0 Å². The van der Waals surface area contributed by atoms with Crippen LogP contribution in [0.1, 0.15) is 19.4 Å². The Balaban J connectivity index is 1.97.